The van der Waals surface area contributed by atoms with Gasteiger partial charge in [0.2, 0.25) is 0 Å². The van der Waals surface area contributed by atoms with Gasteiger partial charge in [-0.15, -0.1) is 12.4 Å². The summed E-state index contributed by atoms with van der Waals surface area (Å²) < 4.78 is 10.7. The number of fused-ring (bicyclic) bond motifs is 1. The molecular weight excluding hydrogens is 318 g/mol. The van der Waals surface area contributed by atoms with Crippen LogP contribution in [-0.4, -0.2) is 31.0 Å². The number of phenolic OH excluding ortho intramolecular Hbond substituents is 2. The third-order valence-corrected chi connectivity index (χ3v) is 4.09. The Bertz CT molecular complexity index is 705. The van der Waals surface area contributed by atoms with Gasteiger partial charge in [-0.25, -0.2) is 0 Å². The van der Waals surface area contributed by atoms with Crippen LogP contribution in [-0.2, 0) is 6.54 Å². The molecule has 2 aromatic rings. The van der Waals surface area contributed by atoms with Crippen molar-refractivity contribution in [3.63, 3.8) is 0 Å². The van der Waals surface area contributed by atoms with Crippen LogP contribution < -0.4 is 14.8 Å². The third kappa shape index (κ3) is 3.16. The Kier molecular flexibility index (Phi) is 5.23. The molecule has 1 heterocycles. The van der Waals surface area contributed by atoms with Crippen molar-refractivity contribution >= 4 is 12.4 Å². The van der Waals surface area contributed by atoms with Crippen LogP contribution >= 0.6 is 12.4 Å². The number of hydrogen-bond acceptors (Lipinski definition) is 5. The summed E-state index contributed by atoms with van der Waals surface area (Å²) in [5, 5.41) is 22.6. The van der Waals surface area contributed by atoms with Crippen LogP contribution in [0.15, 0.2) is 30.3 Å². The molecule has 0 amide bonds. The molecule has 124 valence electrons. The minimum atomic E-state index is -0.111. The number of hydrogen-bond donors (Lipinski definition) is 3. The summed E-state index contributed by atoms with van der Waals surface area (Å²) in [6, 6.07) is 8.91. The summed E-state index contributed by atoms with van der Waals surface area (Å²) >= 11 is 0. The summed E-state index contributed by atoms with van der Waals surface area (Å²) in [6.07, 6.45) is 0. The first-order valence-electron chi connectivity index (χ1n) is 7.11. The molecule has 3 N–H and O–H groups in total. The second kappa shape index (κ2) is 6.98. The molecule has 0 aromatic heterocycles. The molecule has 6 heteroatoms. The monoisotopic (exact) mass is 337 g/mol. The Balaban J connectivity index is 0.00000192. The van der Waals surface area contributed by atoms with E-state index < -0.39 is 0 Å². The maximum Gasteiger partial charge on any atom is 0.161 e. The van der Waals surface area contributed by atoms with Gasteiger partial charge in [-0.3, -0.25) is 0 Å². The molecule has 1 aliphatic rings. The Labute approximate surface area is 141 Å². The van der Waals surface area contributed by atoms with Crippen molar-refractivity contribution in [3.8, 4) is 23.0 Å². The summed E-state index contributed by atoms with van der Waals surface area (Å²) in [5.41, 5.74) is 3.22. The number of benzene rings is 2. The number of aromatic hydroxyl groups is 2. The second-order valence-electron chi connectivity index (χ2n) is 5.34. The molecule has 0 spiro atoms. The Morgan fingerprint density at radius 1 is 1.00 bits per heavy atom. The lowest BCUT2D eigenvalue weighted by molar-refractivity contribution is 0.353. The first-order valence-corrected chi connectivity index (χ1v) is 7.11. The molecule has 1 unspecified atom stereocenters. The van der Waals surface area contributed by atoms with E-state index in [1.54, 1.807) is 20.3 Å². The van der Waals surface area contributed by atoms with Crippen molar-refractivity contribution in [1.82, 2.24) is 5.32 Å². The van der Waals surface area contributed by atoms with Gasteiger partial charge in [-0.2, -0.15) is 0 Å². The lowest BCUT2D eigenvalue weighted by atomic mass is 9.85. The van der Waals surface area contributed by atoms with Crippen molar-refractivity contribution in [2.75, 3.05) is 20.8 Å². The number of phenols is 2. The van der Waals surface area contributed by atoms with E-state index in [4.69, 9.17) is 9.47 Å². The largest absolute Gasteiger partial charge is 0.504 e. The van der Waals surface area contributed by atoms with Crippen LogP contribution in [0.1, 0.15) is 22.6 Å². The van der Waals surface area contributed by atoms with Crippen molar-refractivity contribution in [1.29, 1.82) is 0 Å². The van der Waals surface area contributed by atoms with Gasteiger partial charge in [0.05, 0.1) is 14.2 Å². The van der Waals surface area contributed by atoms with Crippen LogP contribution in [0, 0.1) is 0 Å². The van der Waals surface area contributed by atoms with E-state index in [9.17, 15) is 10.2 Å². The zero-order valence-corrected chi connectivity index (χ0v) is 13.8. The van der Waals surface area contributed by atoms with E-state index in [-0.39, 0.29) is 29.8 Å². The smallest absolute Gasteiger partial charge is 0.161 e. The first-order chi connectivity index (χ1) is 10.6. The van der Waals surface area contributed by atoms with Gasteiger partial charge in [0.15, 0.2) is 23.0 Å². The van der Waals surface area contributed by atoms with Gasteiger partial charge in [-0.1, -0.05) is 6.07 Å². The highest BCUT2D eigenvalue weighted by atomic mass is 35.5. The lowest BCUT2D eigenvalue weighted by Gasteiger charge is -2.28. The number of ether oxygens (including phenoxy) is 2. The van der Waals surface area contributed by atoms with Crippen LogP contribution in [0.25, 0.3) is 0 Å². The summed E-state index contributed by atoms with van der Waals surface area (Å²) in [7, 11) is 3.24. The van der Waals surface area contributed by atoms with Crippen molar-refractivity contribution < 1.29 is 19.7 Å². The average Bonchev–Trinajstić information content (AvgIpc) is 2.55. The molecule has 2 aromatic carbocycles. The fourth-order valence-electron chi connectivity index (χ4n) is 2.93. The van der Waals surface area contributed by atoms with E-state index in [0.717, 1.165) is 29.8 Å². The third-order valence-electron chi connectivity index (χ3n) is 4.09. The molecule has 0 saturated heterocycles. The van der Waals surface area contributed by atoms with Crippen LogP contribution in [0.2, 0.25) is 0 Å². The second-order valence-corrected chi connectivity index (χ2v) is 5.34. The van der Waals surface area contributed by atoms with Gasteiger partial charge in [0.1, 0.15) is 0 Å². The molecule has 3 rings (SSSR count). The van der Waals surface area contributed by atoms with E-state index in [1.807, 2.05) is 18.2 Å². The normalized spacial score (nSPS) is 16.2. The maximum atomic E-state index is 9.75. The molecule has 0 radical (unpaired) electrons. The quantitative estimate of drug-likeness (QED) is 0.751. The summed E-state index contributed by atoms with van der Waals surface area (Å²) in [4.78, 5) is 0. The van der Waals surface area contributed by atoms with Crippen LogP contribution in [0.3, 0.4) is 0 Å². The summed E-state index contributed by atoms with van der Waals surface area (Å²) in [5.74, 6) is 1.26. The van der Waals surface area contributed by atoms with Gasteiger partial charge >= 0.3 is 0 Å². The minimum Gasteiger partial charge on any atom is -0.504 e. The zero-order chi connectivity index (χ0) is 15.7. The fourth-order valence-corrected chi connectivity index (χ4v) is 2.93. The van der Waals surface area contributed by atoms with E-state index in [0.29, 0.717) is 11.5 Å². The molecule has 0 saturated carbocycles. The highest BCUT2D eigenvalue weighted by molar-refractivity contribution is 5.85. The Hall–Kier alpha value is -2.11. The highest BCUT2D eigenvalue weighted by Crippen LogP contribution is 2.39. The van der Waals surface area contributed by atoms with E-state index in [1.165, 1.54) is 6.07 Å². The molecule has 0 bridgehead atoms. The molecule has 1 aliphatic heterocycles. The fraction of sp³-hybridized carbons (Fsp3) is 0.294. The van der Waals surface area contributed by atoms with Gasteiger partial charge in [0.25, 0.3) is 0 Å². The van der Waals surface area contributed by atoms with Crippen molar-refractivity contribution in [2.45, 2.75) is 12.5 Å². The predicted octanol–water partition coefficient (Wildman–Crippen LogP) is 2.77. The zero-order valence-electron chi connectivity index (χ0n) is 13.0. The van der Waals surface area contributed by atoms with Gasteiger partial charge in [-0.05, 0) is 41.0 Å². The lowest BCUT2D eigenvalue weighted by Crippen LogP contribution is -2.28. The Morgan fingerprint density at radius 3 is 2.35 bits per heavy atom. The van der Waals surface area contributed by atoms with Crippen molar-refractivity contribution in [3.05, 3.63) is 47.0 Å². The van der Waals surface area contributed by atoms with Crippen molar-refractivity contribution in [2.24, 2.45) is 0 Å². The first kappa shape index (κ1) is 17.2. The maximum absolute atomic E-state index is 9.75. The molecule has 1 atom stereocenters. The minimum absolute atomic E-state index is 0. The number of methoxy groups -OCH3 is 2. The molecule has 0 aliphatic carbocycles. The van der Waals surface area contributed by atoms with Gasteiger partial charge < -0.3 is 25.0 Å². The standard InChI is InChI=1S/C17H19NO4.ClH/c1-21-16-6-11-8-18-9-13(12(11)7-17(16)22-2)10-3-4-14(19)15(20)5-10;/h3-7,13,18-20H,8-9H2,1-2H3;1H. The molecule has 5 nitrogen and oxygen atoms in total. The number of nitrogens with one attached hydrogen (secondary N) is 1. The number of rotatable bonds is 3. The molecular formula is C17H20ClNO4. The van der Waals surface area contributed by atoms with E-state index in [2.05, 4.69) is 5.32 Å². The average molecular weight is 338 g/mol. The van der Waals surface area contributed by atoms with Crippen LogP contribution in [0.4, 0.5) is 0 Å². The summed E-state index contributed by atoms with van der Waals surface area (Å²) in [6.45, 7) is 1.52. The van der Waals surface area contributed by atoms with Gasteiger partial charge in [0, 0.05) is 19.0 Å². The Morgan fingerprint density at radius 2 is 1.70 bits per heavy atom. The highest BCUT2D eigenvalue weighted by Gasteiger charge is 2.24. The van der Waals surface area contributed by atoms with E-state index >= 15 is 0 Å². The van der Waals surface area contributed by atoms with Crippen LogP contribution in [0.5, 0.6) is 23.0 Å². The SMILES string of the molecule is COc1cc2c(cc1OC)C(c1ccc(O)c(O)c1)CNC2.Cl. The number of halogens is 1. The molecule has 23 heavy (non-hydrogen) atoms. The molecule has 0 fully saturated rings. The topological polar surface area (TPSA) is 71.0 Å². The predicted molar refractivity (Wildman–Crippen MR) is 90.1 cm³/mol.